The molecule has 0 saturated heterocycles. The Morgan fingerprint density at radius 2 is 2.10 bits per heavy atom. The first-order valence-corrected chi connectivity index (χ1v) is 7.81. The smallest absolute Gasteiger partial charge is 0.137 e. The maximum Gasteiger partial charge on any atom is 0.137 e. The highest BCUT2D eigenvalue weighted by Crippen LogP contribution is 2.28. The molecule has 0 aliphatic rings. The van der Waals surface area contributed by atoms with Crippen LogP contribution in [-0.2, 0) is 0 Å². The molecule has 1 aromatic heterocycles. The molecule has 21 heavy (non-hydrogen) atoms. The molecule has 2 aromatic rings. The van der Waals surface area contributed by atoms with Gasteiger partial charge in [0.2, 0.25) is 0 Å². The van der Waals surface area contributed by atoms with Crippen LogP contribution in [0.3, 0.4) is 0 Å². The number of rotatable bonds is 6. The third-order valence-electron chi connectivity index (χ3n) is 2.93. The largest absolute Gasteiger partial charge is 0.492 e. The lowest BCUT2D eigenvalue weighted by Gasteiger charge is -2.18. The van der Waals surface area contributed by atoms with Crippen molar-refractivity contribution in [3.8, 4) is 5.75 Å². The molecule has 112 valence electrons. The Bertz CT molecular complexity index is 589. The van der Waals surface area contributed by atoms with Crippen molar-refractivity contribution in [2.45, 2.75) is 19.4 Å². The van der Waals surface area contributed by atoms with Crippen LogP contribution in [0.25, 0.3) is 0 Å². The molecule has 0 bridgehead atoms. The van der Waals surface area contributed by atoms with Crippen LogP contribution in [0.2, 0.25) is 5.02 Å². The van der Waals surface area contributed by atoms with Gasteiger partial charge in [-0.1, -0.05) is 34.5 Å². The first-order chi connectivity index (χ1) is 10.1. The summed E-state index contributed by atoms with van der Waals surface area (Å²) in [5.74, 6) is 6.44. The van der Waals surface area contributed by atoms with Crippen LogP contribution >= 0.6 is 27.5 Å². The summed E-state index contributed by atoms with van der Waals surface area (Å²) in [7, 11) is 0. The molecule has 1 heterocycles. The van der Waals surface area contributed by atoms with Crippen LogP contribution < -0.4 is 16.0 Å². The topological polar surface area (TPSA) is 60.2 Å². The monoisotopic (exact) mass is 369 g/mol. The van der Waals surface area contributed by atoms with Gasteiger partial charge >= 0.3 is 0 Å². The summed E-state index contributed by atoms with van der Waals surface area (Å²) in [4.78, 5) is 4.21. The Labute approximate surface area is 137 Å². The average Bonchev–Trinajstić information content (AvgIpc) is 2.45. The van der Waals surface area contributed by atoms with E-state index in [-0.39, 0.29) is 6.04 Å². The van der Waals surface area contributed by atoms with Crippen LogP contribution in [0.5, 0.6) is 5.75 Å². The lowest BCUT2D eigenvalue weighted by atomic mass is 10.0. The molecule has 1 aromatic carbocycles. The fourth-order valence-electron chi connectivity index (χ4n) is 2.02. The predicted octanol–water partition coefficient (Wildman–Crippen LogP) is 3.84. The predicted molar refractivity (Wildman–Crippen MR) is 88.3 cm³/mol. The van der Waals surface area contributed by atoms with E-state index >= 15 is 0 Å². The van der Waals surface area contributed by atoms with E-state index < -0.39 is 0 Å². The number of nitrogens with two attached hydrogens (primary N) is 1. The fraction of sp³-hybridized carbons (Fsp3) is 0.267. The highest BCUT2D eigenvalue weighted by atomic mass is 79.9. The molecular weight excluding hydrogens is 354 g/mol. The molecule has 6 heteroatoms. The van der Waals surface area contributed by atoms with E-state index in [9.17, 15) is 0 Å². The second kappa shape index (κ2) is 7.75. The molecule has 0 spiro atoms. The fourth-order valence-corrected chi connectivity index (χ4v) is 2.91. The quantitative estimate of drug-likeness (QED) is 0.599. The molecule has 0 fully saturated rings. The summed E-state index contributed by atoms with van der Waals surface area (Å²) in [5, 5.41) is 0.644. The van der Waals surface area contributed by atoms with Crippen LogP contribution in [0, 0.1) is 0 Å². The van der Waals surface area contributed by atoms with Crippen molar-refractivity contribution in [3.05, 3.63) is 57.3 Å². The second-order valence-corrected chi connectivity index (χ2v) is 5.96. The van der Waals surface area contributed by atoms with Gasteiger partial charge in [-0.05, 0) is 41.8 Å². The third-order valence-corrected chi connectivity index (χ3v) is 3.60. The van der Waals surface area contributed by atoms with Gasteiger partial charge < -0.3 is 4.74 Å². The van der Waals surface area contributed by atoms with E-state index in [1.54, 1.807) is 12.4 Å². The number of hydrazine groups is 1. The number of hydrogen-bond acceptors (Lipinski definition) is 4. The van der Waals surface area contributed by atoms with Gasteiger partial charge in [0.05, 0.1) is 18.8 Å². The molecule has 1 unspecified atom stereocenters. The summed E-state index contributed by atoms with van der Waals surface area (Å²) >= 11 is 9.54. The summed E-state index contributed by atoms with van der Waals surface area (Å²) in [5.41, 5.74) is 4.66. The Morgan fingerprint density at radius 1 is 1.29 bits per heavy atom. The van der Waals surface area contributed by atoms with E-state index in [1.807, 2.05) is 24.3 Å². The minimum atomic E-state index is -0.210. The van der Waals surface area contributed by atoms with E-state index in [4.69, 9.17) is 22.2 Å². The zero-order valence-electron chi connectivity index (χ0n) is 11.6. The number of nitrogens with one attached hydrogen (secondary N) is 1. The van der Waals surface area contributed by atoms with Crippen molar-refractivity contribution in [1.29, 1.82) is 0 Å². The zero-order valence-corrected chi connectivity index (χ0v) is 14.0. The number of aromatic nitrogens is 1. The molecule has 3 N–H and O–H groups in total. The highest BCUT2D eigenvalue weighted by molar-refractivity contribution is 9.10. The van der Waals surface area contributed by atoms with Gasteiger partial charge in [0.25, 0.3) is 0 Å². The summed E-state index contributed by atoms with van der Waals surface area (Å²) in [6.45, 7) is 2.72. The standard InChI is InChI=1S/C15H17BrClN3O/c1-2-3-21-14-6-11(8-19-9-14)15(20-18)10-4-12(16)7-13(17)5-10/h4-9,15,20H,2-3,18H2,1H3. The van der Waals surface area contributed by atoms with Crippen molar-refractivity contribution < 1.29 is 4.74 Å². The number of benzene rings is 1. The maximum atomic E-state index is 6.10. The van der Waals surface area contributed by atoms with Crippen molar-refractivity contribution >= 4 is 27.5 Å². The van der Waals surface area contributed by atoms with Crippen molar-refractivity contribution in [3.63, 3.8) is 0 Å². The van der Waals surface area contributed by atoms with Crippen LogP contribution in [0.4, 0.5) is 0 Å². The normalized spacial score (nSPS) is 12.2. The maximum absolute atomic E-state index is 6.10. The van der Waals surface area contributed by atoms with E-state index in [2.05, 4.69) is 33.3 Å². The van der Waals surface area contributed by atoms with E-state index in [1.165, 1.54) is 0 Å². The van der Waals surface area contributed by atoms with Crippen LogP contribution in [0.1, 0.15) is 30.5 Å². The Morgan fingerprint density at radius 3 is 2.76 bits per heavy atom. The van der Waals surface area contributed by atoms with E-state index in [0.717, 1.165) is 27.8 Å². The summed E-state index contributed by atoms with van der Waals surface area (Å²) < 4.78 is 6.51. The van der Waals surface area contributed by atoms with Gasteiger partial charge in [-0.15, -0.1) is 0 Å². The lowest BCUT2D eigenvalue weighted by molar-refractivity contribution is 0.315. The molecule has 0 saturated carbocycles. The van der Waals surface area contributed by atoms with Gasteiger partial charge in [-0.3, -0.25) is 10.8 Å². The Balaban J connectivity index is 2.32. The summed E-state index contributed by atoms with van der Waals surface area (Å²) in [6.07, 6.45) is 4.41. The minimum absolute atomic E-state index is 0.210. The molecule has 0 radical (unpaired) electrons. The van der Waals surface area contributed by atoms with Gasteiger partial charge in [0, 0.05) is 15.7 Å². The van der Waals surface area contributed by atoms with Gasteiger partial charge in [0.1, 0.15) is 5.75 Å². The molecular formula is C15H17BrClN3O. The van der Waals surface area contributed by atoms with Gasteiger partial charge in [-0.2, -0.15) is 0 Å². The lowest BCUT2D eigenvalue weighted by Crippen LogP contribution is -2.29. The number of nitrogens with zero attached hydrogens (tertiary/aromatic N) is 1. The van der Waals surface area contributed by atoms with Gasteiger partial charge in [0.15, 0.2) is 0 Å². The van der Waals surface area contributed by atoms with Gasteiger partial charge in [-0.25, -0.2) is 5.43 Å². The SMILES string of the molecule is CCCOc1cncc(C(NN)c2cc(Cl)cc(Br)c2)c1. The highest BCUT2D eigenvalue weighted by Gasteiger charge is 2.15. The molecule has 1 atom stereocenters. The van der Waals surface area contributed by atoms with Crippen molar-refractivity contribution in [1.82, 2.24) is 10.4 Å². The number of pyridine rings is 1. The number of halogens is 2. The molecule has 2 rings (SSSR count). The Hall–Kier alpha value is -1.14. The molecule has 4 nitrogen and oxygen atoms in total. The third kappa shape index (κ3) is 4.41. The number of ether oxygens (including phenoxy) is 1. The van der Waals surface area contributed by atoms with Crippen LogP contribution in [0.15, 0.2) is 41.1 Å². The first-order valence-electron chi connectivity index (χ1n) is 6.64. The first kappa shape index (κ1) is 16.2. The van der Waals surface area contributed by atoms with Crippen molar-refractivity contribution in [2.75, 3.05) is 6.61 Å². The average molecular weight is 371 g/mol. The summed E-state index contributed by atoms with van der Waals surface area (Å²) in [6, 6.07) is 7.39. The minimum Gasteiger partial charge on any atom is -0.492 e. The Kier molecular flexibility index (Phi) is 5.99. The van der Waals surface area contributed by atoms with E-state index in [0.29, 0.717) is 11.6 Å². The van der Waals surface area contributed by atoms with Crippen LogP contribution in [-0.4, -0.2) is 11.6 Å². The number of hydrogen-bond donors (Lipinski definition) is 2. The molecule has 0 amide bonds. The zero-order chi connectivity index (χ0) is 15.2. The van der Waals surface area contributed by atoms with Crippen molar-refractivity contribution in [2.24, 2.45) is 5.84 Å². The second-order valence-electron chi connectivity index (χ2n) is 4.60. The molecule has 0 aliphatic carbocycles. The molecule has 0 aliphatic heterocycles.